The maximum Gasteiger partial charge on any atom is 0.258 e. The van der Waals surface area contributed by atoms with E-state index in [0.29, 0.717) is 11.4 Å². The molecule has 0 saturated heterocycles. The molecule has 0 radical (unpaired) electrons. The van der Waals surface area contributed by atoms with Crippen LogP contribution in [0.25, 0.3) is 0 Å². The predicted octanol–water partition coefficient (Wildman–Crippen LogP) is 0.698. The lowest BCUT2D eigenvalue weighted by Crippen LogP contribution is -2.29. The minimum Gasteiger partial charge on any atom is -0.399 e. The molecular formula is C10H8N2O2. The molecule has 0 atom stereocenters. The number of benzene rings is 1. The Balaban J connectivity index is 2.36. The molecule has 0 spiro atoms. The lowest BCUT2D eigenvalue weighted by Gasteiger charge is -2.13. The summed E-state index contributed by atoms with van der Waals surface area (Å²) in [7, 11) is 0. The van der Waals surface area contributed by atoms with Gasteiger partial charge in [0, 0.05) is 17.8 Å². The van der Waals surface area contributed by atoms with Crippen LogP contribution in [0.4, 0.5) is 11.4 Å². The second-order valence-electron chi connectivity index (χ2n) is 2.94. The molecule has 4 nitrogen and oxygen atoms in total. The summed E-state index contributed by atoms with van der Waals surface area (Å²) in [6.45, 7) is 0. The summed E-state index contributed by atoms with van der Waals surface area (Å²) in [6.07, 6.45) is 2.50. The van der Waals surface area contributed by atoms with Crippen molar-refractivity contribution in [1.82, 2.24) is 0 Å². The van der Waals surface area contributed by atoms with Gasteiger partial charge in [0.05, 0.1) is 5.69 Å². The summed E-state index contributed by atoms with van der Waals surface area (Å²) in [4.78, 5) is 23.6. The van der Waals surface area contributed by atoms with E-state index in [-0.39, 0.29) is 11.8 Å². The van der Waals surface area contributed by atoms with Gasteiger partial charge in [0.1, 0.15) is 0 Å². The minimum absolute atomic E-state index is 0.320. The van der Waals surface area contributed by atoms with Gasteiger partial charge in [0.2, 0.25) is 0 Å². The quantitative estimate of drug-likeness (QED) is 0.521. The van der Waals surface area contributed by atoms with Crippen LogP contribution in [-0.2, 0) is 9.59 Å². The monoisotopic (exact) mass is 188 g/mol. The van der Waals surface area contributed by atoms with E-state index in [4.69, 9.17) is 5.73 Å². The van der Waals surface area contributed by atoms with E-state index in [2.05, 4.69) is 0 Å². The largest absolute Gasteiger partial charge is 0.399 e. The molecule has 0 aliphatic carbocycles. The standard InChI is InChI=1S/C10H8N2O2/c11-7-1-3-8(4-2-7)12-9(13)5-6-10(12)14/h1-6H,11H2. The van der Waals surface area contributed by atoms with Gasteiger partial charge in [-0.05, 0) is 24.3 Å². The molecule has 0 saturated carbocycles. The average molecular weight is 188 g/mol. The third kappa shape index (κ3) is 1.26. The van der Waals surface area contributed by atoms with E-state index in [1.54, 1.807) is 24.3 Å². The first-order chi connectivity index (χ1) is 6.68. The number of hydrogen-bond acceptors (Lipinski definition) is 3. The van der Waals surface area contributed by atoms with Gasteiger partial charge in [0.15, 0.2) is 0 Å². The fourth-order valence-electron chi connectivity index (χ4n) is 1.28. The number of anilines is 2. The van der Waals surface area contributed by atoms with Crippen LogP contribution in [-0.4, -0.2) is 11.8 Å². The van der Waals surface area contributed by atoms with E-state index in [9.17, 15) is 9.59 Å². The van der Waals surface area contributed by atoms with Crippen molar-refractivity contribution in [2.45, 2.75) is 0 Å². The Morgan fingerprint density at radius 1 is 0.929 bits per heavy atom. The lowest BCUT2D eigenvalue weighted by molar-refractivity contribution is -0.119. The fraction of sp³-hybridized carbons (Fsp3) is 0. The van der Waals surface area contributed by atoms with Gasteiger partial charge in [-0.1, -0.05) is 0 Å². The van der Waals surface area contributed by atoms with E-state index in [1.165, 1.54) is 12.2 Å². The Kier molecular flexibility index (Phi) is 1.81. The molecule has 14 heavy (non-hydrogen) atoms. The predicted molar refractivity (Wildman–Crippen MR) is 52.5 cm³/mol. The summed E-state index contributed by atoms with van der Waals surface area (Å²) >= 11 is 0. The van der Waals surface area contributed by atoms with Gasteiger partial charge in [-0.25, -0.2) is 4.90 Å². The highest BCUT2D eigenvalue weighted by molar-refractivity contribution is 6.28. The van der Waals surface area contributed by atoms with Crippen LogP contribution >= 0.6 is 0 Å². The molecule has 1 aliphatic heterocycles. The number of nitrogens with zero attached hydrogens (tertiary/aromatic N) is 1. The molecule has 0 unspecified atom stereocenters. The molecule has 2 N–H and O–H groups in total. The zero-order valence-electron chi connectivity index (χ0n) is 7.31. The summed E-state index contributed by atoms with van der Waals surface area (Å²) in [6, 6.07) is 6.57. The van der Waals surface area contributed by atoms with Crippen LogP contribution in [0.1, 0.15) is 0 Å². The van der Waals surface area contributed by atoms with Crippen LogP contribution < -0.4 is 10.6 Å². The zero-order valence-corrected chi connectivity index (χ0v) is 7.31. The van der Waals surface area contributed by atoms with Gasteiger partial charge in [-0.3, -0.25) is 9.59 Å². The van der Waals surface area contributed by atoms with E-state index >= 15 is 0 Å². The van der Waals surface area contributed by atoms with Gasteiger partial charge in [-0.2, -0.15) is 0 Å². The summed E-state index contributed by atoms with van der Waals surface area (Å²) in [5.41, 5.74) is 6.63. The first kappa shape index (κ1) is 8.50. The Morgan fingerprint density at radius 2 is 1.43 bits per heavy atom. The third-order valence-corrected chi connectivity index (χ3v) is 1.96. The van der Waals surface area contributed by atoms with E-state index in [0.717, 1.165) is 4.90 Å². The van der Waals surface area contributed by atoms with Crippen LogP contribution in [0, 0.1) is 0 Å². The van der Waals surface area contributed by atoms with Crippen molar-refractivity contribution in [3.05, 3.63) is 36.4 Å². The van der Waals surface area contributed by atoms with Crippen LogP contribution in [0.3, 0.4) is 0 Å². The second-order valence-corrected chi connectivity index (χ2v) is 2.94. The smallest absolute Gasteiger partial charge is 0.258 e. The number of rotatable bonds is 1. The highest BCUT2D eigenvalue weighted by Gasteiger charge is 2.24. The summed E-state index contributed by atoms with van der Waals surface area (Å²) in [5, 5.41) is 0. The number of imide groups is 1. The van der Waals surface area contributed by atoms with Gasteiger partial charge >= 0.3 is 0 Å². The van der Waals surface area contributed by atoms with Crippen molar-refractivity contribution in [3.8, 4) is 0 Å². The average Bonchev–Trinajstić information content (AvgIpc) is 2.49. The van der Waals surface area contributed by atoms with Crippen molar-refractivity contribution in [2.24, 2.45) is 0 Å². The van der Waals surface area contributed by atoms with Crippen molar-refractivity contribution >= 4 is 23.2 Å². The molecule has 1 heterocycles. The number of nitrogen functional groups attached to an aromatic ring is 1. The number of hydrogen-bond donors (Lipinski definition) is 1. The van der Waals surface area contributed by atoms with Crippen molar-refractivity contribution < 1.29 is 9.59 Å². The molecule has 0 aromatic heterocycles. The number of nitrogens with two attached hydrogens (primary N) is 1. The number of carbonyl (C=O) groups excluding carboxylic acids is 2. The molecule has 0 bridgehead atoms. The molecule has 2 rings (SSSR count). The van der Waals surface area contributed by atoms with Gasteiger partial charge in [0.25, 0.3) is 11.8 Å². The Labute approximate surface area is 80.6 Å². The molecule has 70 valence electrons. The van der Waals surface area contributed by atoms with Gasteiger partial charge < -0.3 is 5.73 Å². The minimum atomic E-state index is -0.320. The zero-order chi connectivity index (χ0) is 10.1. The fourth-order valence-corrected chi connectivity index (χ4v) is 1.28. The van der Waals surface area contributed by atoms with Gasteiger partial charge in [-0.15, -0.1) is 0 Å². The maximum absolute atomic E-state index is 11.3. The van der Waals surface area contributed by atoms with Crippen molar-refractivity contribution in [1.29, 1.82) is 0 Å². The van der Waals surface area contributed by atoms with Crippen LogP contribution in [0.2, 0.25) is 0 Å². The van der Waals surface area contributed by atoms with Crippen LogP contribution in [0.5, 0.6) is 0 Å². The maximum atomic E-state index is 11.3. The first-order valence-corrected chi connectivity index (χ1v) is 4.10. The SMILES string of the molecule is Nc1ccc(N2C(=O)C=CC2=O)cc1. The van der Waals surface area contributed by atoms with Crippen molar-refractivity contribution in [3.63, 3.8) is 0 Å². The van der Waals surface area contributed by atoms with E-state index < -0.39 is 0 Å². The molecule has 2 amide bonds. The molecule has 4 heteroatoms. The summed E-state index contributed by atoms with van der Waals surface area (Å²) in [5.74, 6) is -0.639. The Hall–Kier alpha value is -2.10. The third-order valence-electron chi connectivity index (χ3n) is 1.96. The van der Waals surface area contributed by atoms with E-state index in [1.807, 2.05) is 0 Å². The number of carbonyl (C=O) groups is 2. The molecule has 1 aliphatic rings. The topological polar surface area (TPSA) is 63.4 Å². The normalized spacial score (nSPS) is 15.3. The lowest BCUT2D eigenvalue weighted by atomic mass is 10.2. The molecular weight excluding hydrogens is 180 g/mol. The first-order valence-electron chi connectivity index (χ1n) is 4.10. The molecule has 0 fully saturated rings. The van der Waals surface area contributed by atoms with Crippen molar-refractivity contribution in [2.75, 3.05) is 10.6 Å². The Bertz CT molecular complexity index is 402. The molecule has 1 aromatic carbocycles. The highest BCUT2D eigenvalue weighted by Crippen LogP contribution is 2.19. The second kappa shape index (κ2) is 2.99. The van der Waals surface area contributed by atoms with Crippen LogP contribution in [0.15, 0.2) is 36.4 Å². The number of amides is 2. The highest BCUT2D eigenvalue weighted by atomic mass is 16.2. The summed E-state index contributed by atoms with van der Waals surface area (Å²) < 4.78 is 0. The molecule has 1 aromatic rings. The Morgan fingerprint density at radius 3 is 1.93 bits per heavy atom.